The zero-order valence-corrected chi connectivity index (χ0v) is 10.9. The minimum atomic E-state index is -1.07. The monoisotopic (exact) mass is 269 g/mol. The Labute approximate surface area is 112 Å². The molecule has 0 heterocycles. The fourth-order valence-corrected chi connectivity index (χ4v) is 1.47. The number of benzene rings is 1. The number of nitrogen functional groups attached to an aromatic ring is 1. The minimum Gasteiger partial charge on any atom is -0.489 e. The van der Waals surface area contributed by atoms with Gasteiger partial charge in [0.05, 0.1) is 17.9 Å². The van der Waals surface area contributed by atoms with Crippen molar-refractivity contribution in [1.82, 2.24) is 0 Å². The second kappa shape index (κ2) is 8.34. The normalized spacial score (nSPS) is 10.4. The first-order chi connectivity index (χ1) is 9.16. The Kier molecular flexibility index (Phi) is 6.70. The summed E-state index contributed by atoms with van der Waals surface area (Å²) in [6.45, 7) is 2.00. The molecule has 1 rings (SSSR count). The Morgan fingerprint density at radius 1 is 1.26 bits per heavy atom. The number of methoxy groups -OCH3 is 1. The van der Waals surface area contributed by atoms with Crippen molar-refractivity contribution in [2.24, 2.45) is 0 Å². The molecule has 0 spiro atoms. The lowest BCUT2D eigenvalue weighted by Gasteiger charge is -2.10. The zero-order valence-electron chi connectivity index (χ0n) is 10.9. The molecule has 0 amide bonds. The third-order valence-electron chi connectivity index (χ3n) is 2.42. The zero-order chi connectivity index (χ0) is 14.1. The number of hydrogen-bond donors (Lipinski definition) is 2. The van der Waals surface area contributed by atoms with Crippen LogP contribution in [0.15, 0.2) is 18.2 Å². The van der Waals surface area contributed by atoms with E-state index in [0.29, 0.717) is 32.2 Å². The lowest BCUT2D eigenvalue weighted by molar-refractivity contribution is 0.0697. The Morgan fingerprint density at radius 2 is 2.05 bits per heavy atom. The Bertz CT molecular complexity index is 408. The van der Waals surface area contributed by atoms with Crippen LogP contribution in [0.1, 0.15) is 16.8 Å². The molecular formula is C13H19NO5. The SMILES string of the molecule is COCCCOCCOc1cccc(C(=O)O)c1N. The van der Waals surface area contributed by atoms with E-state index in [0.717, 1.165) is 6.42 Å². The Balaban J connectivity index is 2.33. The van der Waals surface area contributed by atoms with Crippen LogP contribution < -0.4 is 10.5 Å². The van der Waals surface area contributed by atoms with Crippen molar-refractivity contribution in [3.63, 3.8) is 0 Å². The fraction of sp³-hybridized carbons (Fsp3) is 0.462. The van der Waals surface area contributed by atoms with E-state index in [1.54, 1.807) is 19.2 Å². The van der Waals surface area contributed by atoms with Gasteiger partial charge in [-0.15, -0.1) is 0 Å². The summed E-state index contributed by atoms with van der Waals surface area (Å²) < 4.78 is 15.6. The lowest BCUT2D eigenvalue weighted by atomic mass is 10.1. The Morgan fingerprint density at radius 3 is 2.74 bits per heavy atom. The van der Waals surface area contributed by atoms with Gasteiger partial charge in [0.1, 0.15) is 12.4 Å². The molecule has 0 saturated heterocycles. The average Bonchev–Trinajstić information content (AvgIpc) is 2.39. The molecule has 6 nitrogen and oxygen atoms in total. The van der Waals surface area contributed by atoms with Crippen LogP contribution in [0.2, 0.25) is 0 Å². The van der Waals surface area contributed by atoms with E-state index < -0.39 is 5.97 Å². The summed E-state index contributed by atoms with van der Waals surface area (Å²) in [5, 5.41) is 8.91. The van der Waals surface area contributed by atoms with Crippen LogP contribution >= 0.6 is 0 Å². The van der Waals surface area contributed by atoms with Gasteiger partial charge in [-0.2, -0.15) is 0 Å². The summed E-state index contributed by atoms with van der Waals surface area (Å²) in [4.78, 5) is 10.9. The topological polar surface area (TPSA) is 91.0 Å². The summed E-state index contributed by atoms with van der Waals surface area (Å²) >= 11 is 0. The maximum Gasteiger partial charge on any atom is 0.337 e. The molecular weight excluding hydrogens is 250 g/mol. The number of para-hydroxylation sites is 1. The third kappa shape index (κ3) is 5.15. The average molecular weight is 269 g/mol. The number of hydrogen-bond acceptors (Lipinski definition) is 5. The van der Waals surface area contributed by atoms with Crippen molar-refractivity contribution in [2.75, 3.05) is 39.3 Å². The van der Waals surface area contributed by atoms with Gasteiger partial charge in [0.25, 0.3) is 0 Å². The molecule has 19 heavy (non-hydrogen) atoms. The first-order valence-corrected chi connectivity index (χ1v) is 5.98. The molecule has 1 aromatic carbocycles. The van der Waals surface area contributed by atoms with E-state index in [9.17, 15) is 4.79 Å². The smallest absolute Gasteiger partial charge is 0.337 e. The number of nitrogens with two attached hydrogens (primary N) is 1. The number of anilines is 1. The molecule has 6 heteroatoms. The van der Waals surface area contributed by atoms with Crippen molar-refractivity contribution < 1.29 is 24.1 Å². The maximum atomic E-state index is 10.9. The highest BCUT2D eigenvalue weighted by Gasteiger charge is 2.11. The van der Waals surface area contributed by atoms with Gasteiger partial charge in [-0.3, -0.25) is 0 Å². The van der Waals surface area contributed by atoms with Gasteiger partial charge < -0.3 is 25.1 Å². The van der Waals surface area contributed by atoms with Gasteiger partial charge in [-0.1, -0.05) is 6.07 Å². The van der Waals surface area contributed by atoms with Crippen molar-refractivity contribution in [2.45, 2.75) is 6.42 Å². The maximum absolute atomic E-state index is 10.9. The van der Waals surface area contributed by atoms with Crippen LogP contribution in [0.25, 0.3) is 0 Å². The molecule has 1 aromatic rings. The van der Waals surface area contributed by atoms with Gasteiger partial charge >= 0.3 is 5.97 Å². The molecule has 0 saturated carbocycles. The number of aromatic carboxylic acids is 1. The number of carbonyl (C=O) groups is 1. The second-order valence-electron chi connectivity index (χ2n) is 3.83. The van der Waals surface area contributed by atoms with E-state index in [2.05, 4.69) is 0 Å². The van der Waals surface area contributed by atoms with E-state index in [4.69, 9.17) is 25.1 Å². The quantitative estimate of drug-likeness (QED) is 0.520. The van der Waals surface area contributed by atoms with Gasteiger partial charge in [0, 0.05) is 20.3 Å². The summed E-state index contributed by atoms with van der Waals surface area (Å²) in [5.41, 5.74) is 5.88. The van der Waals surface area contributed by atoms with Crippen LogP contribution in [0.4, 0.5) is 5.69 Å². The standard InChI is InChI=1S/C13H19NO5/c1-17-6-3-7-18-8-9-19-11-5-2-4-10(12(11)14)13(15)16/h2,4-5H,3,6-9,14H2,1H3,(H,15,16). The molecule has 0 aliphatic heterocycles. The highest BCUT2D eigenvalue weighted by Crippen LogP contribution is 2.24. The van der Waals surface area contributed by atoms with Crippen LogP contribution in [-0.2, 0) is 9.47 Å². The minimum absolute atomic E-state index is 0.0403. The second-order valence-corrected chi connectivity index (χ2v) is 3.83. The largest absolute Gasteiger partial charge is 0.489 e. The van der Waals surface area contributed by atoms with Crippen molar-refractivity contribution >= 4 is 11.7 Å². The number of carboxylic acid groups (broad SMARTS) is 1. The van der Waals surface area contributed by atoms with E-state index >= 15 is 0 Å². The molecule has 0 aliphatic rings. The summed E-state index contributed by atoms with van der Waals surface area (Å²) in [6, 6.07) is 4.66. The molecule has 0 unspecified atom stereocenters. The first-order valence-electron chi connectivity index (χ1n) is 5.98. The molecule has 3 N–H and O–H groups in total. The van der Waals surface area contributed by atoms with Crippen LogP contribution in [0, 0.1) is 0 Å². The predicted molar refractivity (Wildman–Crippen MR) is 70.6 cm³/mol. The van der Waals surface area contributed by atoms with Crippen molar-refractivity contribution in [3.05, 3.63) is 23.8 Å². The van der Waals surface area contributed by atoms with Gasteiger partial charge in [-0.05, 0) is 18.6 Å². The van der Waals surface area contributed by atoms with Crippen LogP contribution in [0.3, 0.4) is 0 Å². The van der Waals surface area contributed by atoms with Gasteiger partial charge in [0.2, 0.25) is 0 Å². The van der Waals surface area contributed by atoms with Crippen molar-refractivity contribution in [1.29, 1.82) is 0 Å². The summed E-state index contributed by atoms with van der Waals surface area (Å²) in [6.07, 6.45) is 0.827. The van der Waals surface area contributed by atoms with E-state index in [1.807, 2.05) is 0 Å². The van der Waals surface area contributed by atoms with Gasteiger partial charge in [0.15, 0.2) is 0 Å². The third-order valence-corrected chi connectivity index (χ3v) is 2.42. The predicted octanol–water partition coefficient (Wildman–Crippen LogP) is 1.40. The van der Waals surface area contributed by atoms with E-state index in [-0.39, 0.29) is 11.3 Å². The number of ether oxygens (including phenoxy) is 3. The molecule has 0 fully saturated rings. The summed E-state index contributed by atoms with van der Waals surface area (Å²) in [7, 11) is 1.64. The van der Waals surface area contributed by atoms with Crippen LogP contribution in [-0.4, -0.2) is 44.6 Å². The fourth-order valence-electron chi connectivity index (χ4n) is 1.47. The molecule has 0 aliphatic carbocycles. The molecule has 0 atom stereocenters. The highest BCUT2D eigenvalue weighted by atomic mass is 16.5. The Hall–Kier alpha value is -1.79. The van der Waals surface area contributed by atoms with Crippen LogP contribution in [0.5, 0.6) is 5.75 Å². The molecule has 106 valence electrons. The highest BCUT2D eigenvalue weighted by molar-refractivity contribution is 5.95. The number of carboxylic acids is 1. The summed E-state index contributed by atoms with van der Waals surface area (Å²) in [5.74, 6) is -0.709. The first kappa shape index (κ1) is 15.3. The molecule has 0 bridgehead atoms. The van der Waals surface area contributed by atoms with Crippen molar-refractivity contribution in [3.8, 4) is 5.75 Å². The van der Waals surface area contributed by atoms with Gasteiger partial charge in [-0.25, -0.2) is 4.79 Å². The number of rotatable bonds is 9. The molecule has 0 aromatic heterocycles. The lowest BCUT2D eigenvalue weighted by Crippen LogP contribution is -2.11. The van der Waals surface area contributed by atoms with E-state index in [1.165, 1.54) is 6.07 Å². The molecule has 0 radical (unpaired) electrons.